The molecule has 57 valence electrons. The molecule has 0 atom stereocenters. The van der Waals surface area contributed by atoms with Gasteiger partial charge < -0.3 is 12.4 Å². The molecule has 0 heterocycles. The van der Waals surface area contributed by atoms with E-state index in [0.717, 1.165) is 11.5 Å². The fraction of sp³-hybridized carbons (Fsp3) is 0.125. The summed E-state index contributed by atoms with van der Waals surface area (Å²) in [5, 5.41) is 0. The van der Waals surface area contributed by atoms with E-state index in [1.54, 1.807) is 6.08 Å². The van der Waals surface area contributed by atoms with Crippen molar-refractivity contribution in [1.82, 2.24) is 0 Å². The van der Waals surface area contributed by atoms with Crippen LogP contribution in [0.25, 0.3) is 0 Å². The molecule has 0 aromatic heterocycles. The van der Waals surface area contributed by atoms with Gasteiger partial charge in [-0.25, -0.2) is 4.39 Å². The fourth-order valence-corrected chi connectivity index (χ4v) is 0.640. The van der Waals surface area contributed by atoms with E-state index >= 15 is 0 Å². The molecule has 0 aliphatic heterocycles. The second kappa shape index (κ2) is 5.68. The zero-order chi connectivity index (χ0) is 6.85. The Morgan fingerprint density at radius 3 is 2.27 bits per heavy atom. The van der Waals surface area contributed by atoms with E-state index < -0.39 is 0 Å². The minimum atomic E-state index is -0.217. The first kappa shape index (κ1) is 13.6. The third-order valence-electron chi connectivity index (χ3n) is 1.31. The number of hydrogen-bond donors (Lipinski definition) is 0. The number of hydrogen-bond acceptors (Lipinski definition) is 0. The molecule has 3 heteroatoms. The van der Waals surface area contributed by atoms with Crippen molar-refractivity contribution in [1.29, 1.82) is 0 Å². The molecule has 0 bridgehead atoms. The molecule has 1 aliphatic carbocycles. The molecule has 0 spiro atoms. The topological polar surface area (TPSA) is 0 Å². The maximum atomic E-state index is 12.3. The summed E-state index contributed by atoms with van der Waals surface area (Å²) in [7, 11) is 0. The van der Waals surface area contributed by atoms with E-state index in [0.29, 0.717) is 0 Å². The Hall–Kier alpha value is 0.0634. The molecule has 1 aliphatic rings. The van der Waals surface area contributed by atoms with Crippen molar-refractivity contribution in [3.63, 3.8) is 0 Å². The smallest absolute Gasteiger partial charge is 0.123 e. The normalized spacial score (nSPS) is 16.5. The van der Waals surface area contributed by atoms with Gasteiger partial charge in [0.25, 0.3) is 0 Å². The van der Waals surface area contributed by atoms with Crippen molar-refractivity contribution in [2.24, 2.45) is 0 Å². The van der Waals surface area contributed by atoms with Gasteiger partial charge in [-0.3, -0.25) is 0 Å². The summed E-state index contributed by atoms with van der Waals surface area (Å²) in [5.41, 5.74) is 0.759. The van der Waals surface area contributed by atoms with Gasteiger partial charge in [-0.1, -0.05) is 19.6 Å². The first-order valence-electron chi connectivity index (χ1n) is 2.78. The second-order valence-electron chi connectivity index (χ2n) is 2.07. The molecular formula is C8H8ClFZn-. The van der Waals surface area contributed by atoms with Crippen molar-refractivity contribution in [2.45, 2.75) is 6.92 Å². The van der Waals surface area contributed by atoms with Gasteiger partial charge in [0.2, 0.25) is 0 Å². The Labute approximate surface area is 85.4 Å². The summed E-state index contributed by atoms with van der Waals surface area (Å²) in [6.45, 7) is 5.55. The van der Waals surface area contributed by atoms with Gasteiger partial charge in [-0.05, 0) is 17.7 Å². The molecule has 0 fully saturated rings. The Balaban J connectivity index is 0. The standard InChI is InChI=1S/C8H8F.ClH.Zn/c1-6-3-4-8(9)5-7(6)2;;/h3-5H,2H2,1H3;1H;/p-1. The number of rotatable bonds is 0. The Bertz CT molecular complexity index is 196. The van der Waals surface area contributed by atoms with Crippen molar-refractivity contribution in [3.05, 3.63) is 42.1 Å². The average molecular weight is 224 g/mol. The van der Waals surface area contributed by atoms with Crippen LogP contribution in [-0.4, -0.2) is 0 Å². The molecule has 0 N–H and O–H groups in total. The monoisotopic (exact) mass is 222 g/mol. The summed E-state index contributed by atoms with van der Waals surface area (Å²) in [6, 6.07) is 0. The predicted molar refractivity (Wildman–Crippen MR) is 36.4 cm³/mol. The fourth-order valence-electron chi connectivity index (χ4n) is 0.640. The molecule has 0 unspecified atom stereocenters. The van der Waals surface area contributed by atoms with Crippen molar-refractivity contribution in [2.75, 3.05) is 0 Å². The second-order valence-corrected chi connectivity index (χ2v) is 2.07. The zero-order valence-corrected chi connectivity index (χ0v) is 10.1. The SMILES string of the molecule is C=C1C=C(F)C=C[C]1C.[Cl-].[Zn]. The van der Waals surface area contributed by atoms with E-state index in [-0.39, 0.29) is 37.7 Å². The van der Waals surface area contributed by atoms with Crippen LogP contribution in [0.15, 0.2) is 36.2 Å². The minimum Gasteiger partial charge on any atom is -1.00 e. The molecule has 0 nitrogen and oxygen atoms in total. The molecule has 0 saturated carbocycles. The summed E-state index contributed by atoms with van der Waals surface area (Å²) >= 11 is 0. The van der Waals surface area contributed by atoms with Crippen LogP contribution in [0.3, 0.4) is 0 Å². The molecule has 0 saturated heterocycles. The van der Waals surface area contributed by atoms with E-state index in [2.05, 4.69) is 6.58 Å². The van der Waals surface area contributed by atoms with Gasteiger partial charge in [0.15, 0.2) is 0 Å². The van der Waals surface area contributed by atoms with Gasteiger partial charge in [0, 0.05) is 25.4 Å². The molecule has 1 radical (unpaired) electrons. The molecule has 11 heavy (non-hydrogen) atoms. The van der Waals surface area contributed by atoms with Crippen LogP contribution < -0.4 is 12.4 Å². The average Bonchev–Trinajstić information content (AvgIpc) is 1.80. The van der Waals surface area contributed by atoms with Crippen molar-refractivity contribution in [3.8, 4) is 0 Å². The molecular weight excluding hydrogens is 216 g/mol. The first-order chi connectivity index (χ1) is 4.20. The van der Waals surface area contributed by atoms with Crippen molar-refractivity contribution < 1.29 is 36.3 Å². The Kier molecular flexibility index (Phi) is 7.04. The van der Waals surface area contributed by atoms with E-state index in [1.165, 1.54) is 12.2 Å². The van der Waals surface area contributed by atoms with Crippen LogP contribution in [0.1, 0.15) is 6.92 Å². The van der Waals surface area contributed by atoms with Crippen LogP contribution in [0.5, 0.6) is 0 Å². The Morgan fingerprint density at radius 2 is 1.91 bits per heavy atom. The third kappa shape index (κ3) is 3.83. The predicted octanol–water partition coefficient (Wildman–Crippen LogP) is -0.438. The molecule has 0 aromatic carbocycles. The van der Waals surface area contributed by atoms with Crippen LogP contribution in [-0.2, 0) is 19.5 Å². The van der Waals surface area contributed by atoms with Gasteiger partial charge in [-0.2, -0.15) is 0 Å². The van der Waals surface area contributed by atoms with Crippen LogP contribution in [0.4, 0.5) is 4.39 Å². The Morgan fingerprint density at radius 1 is 1.36 bits per heavy atom. The zero-order valence-electron chi connectivity index (χ0n) is 6.40. The van der Waals surface area contributed by atoms with Gasteiger partial charge in [0.05, 0.1) is 0 Å². The minimum absolute atomic E-state index is 0. The van der Waals surface area contributed by atoms with Gasteiger partial charge in [-0.15, -0.1) is 0 Å². The number of allylic oxidation sites excluding steroid dienone is 5. The first-order valence-corrected chi connectivity index (χ1v) is 2.78. The summed E-state index contributed by atoms with van der Waals surface area (Å²) in [5.74, 6) is 0.807. The van der Waals surface area contributed by atoms with Crippen molar-refractivity contribution >= 4 is 0 Å². The van der Waals surface area contributed by atoms with Gasteiger partial charge >= 0.3 is 0 Å². The number of halogens is 2. The van der Waals surface area contributed by atoms with E-state index in [4.69, 9.17) is 0 Å². The van der Waals surface area contributed by atoms with Crippen LogP contribution in [0, 0.1) is 5.92 Å². The largest absolute Gasteiger partial charge is 1.00 e. The quantitative estimate of drug-likeness (QED) is 0.489. The molecule has 0 amide bonds. The van der Waals surface area contributed by atoms with Crippen LogP contribution >= 0.6 is 0 Å². The van der Waals surface area contributed by atoms with Crippen LogP contribution in [0.2, 0.25) is 0 Å². The molecule has 0 aromatic rings. The summed E-state index contributed by atoms with van der Waals surface area (Å²) in [6.07, 6.45) is 4.58. The third-order valence-corrected chi connectivity index (χ3v) is 1.31. The maximum absolute atomic E-state index is 12.3. The van der Waals surface area contributed by atoms with E-state index in [1.807, 2.05) is 6.92 Å². The maximum Gasteiger partial charge on any atom is 0.123 e. The van der Waals surface area contributed by atoms with Gasteiger partial charge in [0.1, 0.15) is 5.83 Å². The summed E-state index contributed by atoms with van der Waals surface area (Å²) in [4.78, 5) is 0. The molecule has 1 rings (SSSR count). The van der Waals surface area contributed by atoms with E-state index in [9.17, 15) is 4.39 Å². The summed E-state index contributed by atoms with van der Waals surface area (Å²) < 4.78 is 12.3.